The molecule has 3 nitrogen and oxygen atoms in total. The van der Waals surface area contributed by atoms with E-state index in [-0.39, 0.29) is 5.56 Å². The van der Waals surface area contributed by atoms with E-state index >= 15 is 0 Å². The fourth-order valence-electron chi connectivity index (χ4n) is 2.32. The maximum absolute atomic E-state index is 11.2. The Morgan fingerprint density at radius 3 is 2.90 bits per heavy atom. The van der Waals surface area contributed by atoms with Crippen LogP contribution in [0, 0.1) is 0 Å². The van der Waals surface area contributed by atoms with Crippen LogP contribution in [0.5, 0.6) is 5.75 Å². The van der Waals surface area contributed by atoms with Crippen LogP contribution in [0.4, 0.5) is 0 Å². The Balaban J connectivity index is 1.69. The summed E-state index contributed by atoms with van der Waals surface area (Å²) in [5, 5.41) is 9.93. The van der Waals surface area contributed by atoms with Crippen LogP contribution >= 0.6 is 23.4 Å². The van der Waals surface area contributed by atoms with Gasteiger partial charge in [0.2, 0.25) is 0 Å². The smallest absolute Gasteiger partial charge is 0.339 e. The number of hydrogen-bond acceptors (Lipinski definition) is 3. The summed E-state index contributed by atoms with van der Waals surface area (Å²) in [7, 11) is 0. The normalized spacial score (nSPS) is 16.5. The fourth-order valence-corrected chi connectivity index (χ4v) is 3.70. The highest BCUT2D eigenvalue weighted by Crippen LogP contribution is 2.37. The number of benzene rings is 2. The number of carboxylic acid groups (broad SMARTS) is 1. The zero-order valence-electron chi connectivity index (χ0n) is 11.1. The van der Waals surface area contributed by atoms with Gasteiger partial charge in [-0.05, 0) is 36.2 Å². The largest absolute Gasteiger partial charge is 0.491 e. The molecule has 1 unspecified atom stereocenters. The molecule has 21 heavy (non-hydrogen) atoms. The fraction of sp³-hybridized carbons (Fsp3) is 0.188. The summed E-state index contributed by atoms with van der Waals surface area (Å²) in [5.41, 5.74) is 1.46. The van der Waals surface area contributed by atoms with Gasteiger partial charge in [0.1, 0.15) is 17.9 Å². The molecule has 1 heterocycles. The molecule has 0 spiro atoms. The van der Waals surface area contributed by atoms with Gasteiger partial charge in [-0.2, -0.15) is 0 Å². The number of carbonyl (C=O) groups is 1. The van der Waals surface area contributed by atoms with Crippen molar-refractivity contribution in [2.45, 2.75) is 16.6 Å². The van der Waals surface area contributed by atoms with Gasteiger partial charge < -0.3 is 9.84 Å². The third-order valence-corrected chi connectivity index (χ3v) is 4.84. The molecule has 0 aliphatic carbocycles. The molecule has 0 saturated carbocycles. The Hall–Kier alpha value is -1.65. The lowest BCUT2D eigenvalue weighted by molar-refractivity contribution is 0.0692. The second-order valence-corrected chi connectivity index (χ2v) is 6.59. The first-order valence-electron chi connectivity index (χ1n) is 6.53. The maximum atomic E-state index is 11.2. The number of ether oxygens (including phenoxy) is 1. The third-order valence-electron chi connectivity index (χ3n) is 3.31. The highest BCUT2D eigenvalue weighted by atomic mass is 35.5. The Kier molecular flexibility index (Phi) is 4.08. The first-order chi connectivity index (χ1) is 10.1. The van der Waals surface area contributed by atoms with Crippen LogP contribution < -0.4 is 4.74 Å². The summed E-state index contributed by atoms with van der Waals surface area (Å²) < 4.78 is 5.71. The molecule has 5 heteroatoms. The molecule has 2 aromatic rings. The van der Waals surface area contributed by atoms with Gasteiger partial charge in [-0.15, -0.1) is 11.8 Å². The van der Waals surface area contributed by atoms with Gasteiger partial charge in [-0.25, -0.2) is 4.79 Å². The molecule has 3 rings (SSSR count). The molecule has 0 aromatic heterocycles. The molecule has 0 fully saturated rings. The van der Waals surface area contributed by atoms with E-state index in [9.17, 15) is 4.79 Å². The van der Waals surface area contributed by atoms with E-state index in [0.29, 0.717) is 22.6 Å². The first kappa shape index (κ1) is 14.3. The van der Waals surface area contributed by atoms with Gasteiger partial charge >= 0.3 is 5.97 Å². The highest BCUT2D eigenvalue weighted by Gasteiger charge is 2.23. The molecule has 108 valence electrons. The summed E-state index contributed by atoms with van der Waals surface area (Å²) in [5.74, 6) is -0.685. The molecular formula is C16H13ClO3S. The molecule has 0 saturated heterocycles. The van der Waals surface area contributed by atoms with Gasteiger partial charge in [0.25, 0.3) is 0 Å². The van der Waals surface area contributed by atoms with Crippen LogP contribution in [0.1, 0.15) is 15.9 Å². The van der Waals surface area contributed by atoms with Gasteiger partial charge in [0.15, 0.2) is 0 Å². The van der Waals surface area contributed by atoms with E-state index < -0.39 is 5.97 Å². The topological polar surface area (TPSA) is 46.5 Å². The number of fused-ring (bicyclic) bond motifs is 1. The van der Waals surface area contributed by atoms with Crippen LogP contribution in [0.3, 0.4) is 0 Å². The SMILES string of the molecule is O=C(O)c1ccc(Cl)cc1OCC1Cc2ccccc2S1. The molecule has 1 aliphatic rings. The molecule has 1 N–H and O–H groups in total. The van der Waals surface area contributed by atoms with Crippen LogP contribution in [0.2, 0.25) is 5.02 Å². The highest BCUT2D eigenvalue weighted by molar-refractivity contribution is 8.00. The number of rotatable bonds is 4. The van der Waals surface area contributed by atoms with Crippen molar-refractivity contribution in [1.82, 2.24) is 0 Å². The van der Waals surface area contributed by atoms with Gasteiger partial charge in [0, 0.05) is 15.2 Å². The zero-order chi connectivity index (χ0) is 14.8. The maximum Gasteiger partial charge on any atom is 0.339 e. The zero-order valence-corrected chi connectivity index (χ0v) is 12.7. The summed E-state index contributed by atoms with van der Waals surface area (Å²) in [6.45, 7) is 0.458. The van der Waals surface area contributed by atoms with Crippen LogP contribution in [-0.4, -0.2) is 22.9 Å². The Labute approximate surface area is 131 Å². The van der Waals surface area contributed by atoms with Crippen molar-refractivity contribution in [1.29, 1.82) is 0 Å². The lowest BCUT2D eigenvalue weighted by atomic mass is 10.1. The van der Waals surface area contributed by atoms with E-state index in [1.807, 2.05) is 12.1 Å². The van der Waals surface area contributed by atoms with Crippen molar-refractivity contribution in [3.63, 3.8) is 0 Å². The molecular weight excluding hydrogens is 308 g/mol. The second-order valence-electron chi connectivity index (χ2n) is 4.81. The second kappa shape index (κ2) is 6.00. The average molecular weight is 321 g/mol. The van der Waals surface area contributed by atoms with E-state index in [1.54, 1.807) is 23.9 Å². The van der Waals surface area contributed by atoms with Crippen molar-refractivity contribution < 1.29 is 14.6 Å². The minimum Gasteiger partial charge on any atom is -0.491 e. The van der Waals surface area contributed by atoms with E-state index in [1.165, 1.54) is 16.5 Å². The number of halogens is 1. The Morgan fingerprint density at radius 1 is 1.33 bits per heavy atom. The lowest BCUT2D eigenvalue weighted by Crippen LogP contribution is -2.15. The summed E-state index contributed by atoms with van der Waals surface area (Å²) >= 11 is 7.68. The minimum atomic E-state index is -1.01. The third kappa shape index (κ3) is 3.17. The van der Waals surface area contributed by atoms with Gasteiger partial charge in [-0.1, -0.05) is 29.8 Å². The first-order valence-corrected chi connectivity index (χ1v) is 7.79. The number of aromatic carboxylic acids is 1. The minimum absolute atomic E-state index is 0.139. The number of thioether (sulfide) groups is 1. The summed E-state index contributed by atoms with van der Waals surface area (Å²) in [6.07, 6.45) is 0.934. The van der Waals surface area contributed by atoms with Gasteiger partial charge in [-0.3, -0.25) is 0 Å². The monoisotopic (exact) mass is 320 g/mol. The summed E-state index contributed by atoms with van der Waals surface area (Å²) in [4.78, 5) is 12.5. The van der Waals surface area contributed by atoms with Crippen LogP contribution in [-0.2, 0) is 6.42 Å². The predicted molar refractivity (Wildman–Crippen MR) is 83.7 cm³/mol. The van der Waals surface area contributed by atoms with E-state index in [0.717, 1.165) is 6.42 Å². The molecule has 2 aromatic carbocycles. The predicted octanol–water partition coefficient (Wildman–Crippen LogP) is 4.13. The summed E-state index contributed by atoms with van der Waals surface area (Å²) in [6, 6.07) is 12.8. The number of carboxylic acids is 1. The van der Waals surface area contributed by atoms with Crippen molar-refractivity contribution >= 4 is 29.3 Å². The molecule has 1 atom stereocenters. The lowest BCUT2D eigenvalue weighted by Gasteiger charge is -2.13. The molecule has 0 bridgehead atoms. The standard InChI is InChI=1S/C16H13ClO3S/c17-11-5-6-13(16(18)19)14(8-11)20-9-12-7-10-3-1-2-4-15(10)21-12/h1-6,8,12H,7,9H2,(H,18,19). The van der Waals surface area contributed by atoms with Crippen molar-refractivity contribution in [3.05, 3.63) is 58.6 Å². The molecule has 0 amide bonds. The Bertz CT molecular complexity index is 662. The average Bonchev–Trinajstić information content (AvgIpc) is 2.87. The van der Waals surface area contributed by atoms with E-state index in [4.69, 9.17) is 21.4 Å². The van der Waals surface area contributed by atoms with Crippen molar-refractivity contribution in [2.24, 2.45) is 0 Å². The molecule has 1 aliphatic heterocycles. The van der Waals surface area contributed by atoms with Crippen LogP contribution in [0.15, 0.2) is 47.4 Å². The van der Waals surface area contributed by atoms with Gasteiger partial charge in [0.05, 0.1) is 0 Å². The van der Waals surface area contributed by atoms with Crippen molar-refractivity contribution in [2.75, 3.05) is 6.61 Å². The number of hydrogen-bond donors (Lipinski definition) is 1. The van der Waals surface area contributed by atoms with Crippen LogP contribution in [0.25, 0.3) is 0 Å². The Morgan fingerprint density at radius 2 is 2.14 bits per heavy atom. The van der Waals surface area contributed by atoms with Crippen molar-refractivity contribution in [3.8, 4) is 5.75 Å². The quantitative estimate of drug-likeness (QED) is 0.920. The molecule has 0 radical (unpaired) electrons. The van der Waals surface area contributed by atoms with E-state index in [2.05, 4.69) is 12.1 Å².